The fraction of sp³-hybridized carbons (Fsp3) is 0.300. The molecule has 2 atom stereocenters. The molecule has 5 nitrogen and oxygen atoms in total. The molecule has 1 unspecified atom stereocenters. The van der Waals surface area contributed by atoms with Gasteiger partial charge in [-0.25, -0.2) is 0 Å². The summed E-state index contributed by atoms with van der Waals surface area (Å²) in [5, 5.41) is 11.9. The minimum absolute atomic E-state index is 0.0287. The van der Waals surface area contributed by atoms with Crippen LogP contribution in [0.4, 0.5) is 0 Å². The van der Waals surface area contributed by atoms with Crippen LogP contribution < -0.4 is 5.32 Å². The van der Waals surface area contributed by atoms with E-state index in [0.29, 0.717) is 6.54 Å². The van der Waals surface area contributed by atoms with Gasteiger partial charge < -0.3 is 15.2 Å². The number of nitrogens with one attached hydrogen (secondary N) is 1. The lowest BCUT2D eigenvalue weighted by Gasteiger charge is -2.16. The molecule has 5 heteroatoms. The van der Waals surface area contributed by atoms with Crippen LogP contribution in [0.3, 0.4) is 0 Å². The van der Waals surface area contributed by atoms with Crippen molar-refractivity contribution in [1.82, 2.24) is 5.32 Å². The molecule has 2 N–H and O–H groups in total. The van der Waals surface area contributed by atoms with Crippen molar-refractivity contribution in [2.24, 2.45) is 5.92 Å². The van der Waals surface area contributed by atoms with E-state index in [2.05, 4.69) is 29.6 Å². The third kappa shape index (κ3) is 2.81. The average Bonchev–Trinajstić information content (AvgIpc) is 3.24. The summed E-state index contributed by atoms with van der Waals surface area (Å²) in [6.45, 7) is 0.634. The van der Waals surface area contributed by atoms with Crippen LogP contribution in [0.5, 0.6) is 0 Å². The van der Waals surface area contributed by atoms with E-state index in [1.165, 1.54) is 22.3 Å². The maximum absolute atomic E-state index is 12.3. The molecule has 4 rings (SSSR count). The van der Waals surface area contributed by atoms with Crippen LogP contribution in [-0.2, 0) is 14.3 Å². The van der Waals surface area contributed by atoms with Crippen molar-refractivity contribution in [3.63, 3.8) is 0 Å². The maximum Gasteiger partial charge on any atom is 0.320 e. The number of carboxylic acids is 1. The second-order valence-corrected chi connectivity index (χ2v) is 6.59. The van der Waals surface area contributed by atoms with Crippen LogP contribution in [0.2, 0.25) is 0 Å². The van der Waals surface area contributed by atoms with E-state index in [1.54, 1.807) is 0 Å². The van der Waals surface area contributed by atoms with E-state index in [4.69, 9.17) is 9.84 Å². The molecule has 0 saturated carbocycles. The molecule has 0 aromatic heterocycles. The fourth-order valence-electron chi connectivity index (χ4n) is 3.83. The molecule has 2 aromatic carbocycles. The maximum atomic E-state index is 12.3. The van der Waals surface area contributed by atoms with Crippen molar-refractivity contribution in [2.75, 3.05) is 13.2 Å². The van der Waals surface area contributed by atoms with Gasteiger partial charge in [0.2, 0.25) is 0 Å². The van der Waals surface area contributed by atoms with Gasteiger partial charge in [-0.15, -0.1) is 0 Å². The standard InChI is InChI=1S/C20H19NO4/c22-19(23)18-9-12(10-21-18)20(24)25-11-17-15-7-3-1-5-13(15)14-6-2-4-8-16(14)17/h1-8,12,17-18,21H,9-11H2,(H,22,23)/t12?,18-/m0/s1. The summed E-state index contributed by atoms with van der Waals surface area (Å²) in [4.78, 5) is 23.3. The van der Waals surface area contributed by atoms with Crippen LogP contribution in [0.15, 0.2) is 48.5 Å². The molecule has 2 aromatic rings. The molecule has 0 amide bonds. The topological polar surface area (TPSA) is 75.6 Å². The normalized spacial score (nSPS) is 21.6. The highest BCUT2D eigenvalue weighted by atomic mass is 16.5. The number of hydrogen-bond donors (Lipinski definition) is 2. The van der Waals surface area contributed by atoms with E-state index >= 15 is 0 Å². The quantitative estimate of drug-likeness (QED) is 0.838. The monoisotopic (exact) mass is 337 g/mol. The molecular weight excluding hydrogens is 318 g/mol. The molecule has 1 fully saturated rings. The zero-order valence-electron chi connectivity index (χ0n) is 13.6. The van der Waals surface area contributed by atoms with Gasteiger partial charge in [-0.05, 0) is 28.7 Å². The second kappa shape index (κ2) is 6.33. The van der Waals surface area contributed by atoms with Crippen molar-refractivity contribution >= 4 is 11.9 Å². The Balaban J connectivity index is 1.48. The van der Waals surface area contributed by atoms with Crippen molar-refractivity contribution in [1.29, 1.82) is 0 Å². The highest BCUT2D eigenvalue weighted by Gasteiger charge is 2.35. The Labute approximate surface area is 145 Å². The van der Waals surface area contributed by atoms with Crippen LogP contribution in [-0.4, -0.2) is 36.2 Å². The lowest BCUT2D eigenvalue weighted by Crippen LogP contribution is -2.30. The Hall–Kier alpha value is -2.66. The largest absolute Gasteiger partial charge is 0.480 e. The number of fused-ring (bicyclic) bond motifs is 3. The SMILES string of the molecule is O=C(OCC1c2ccccc2-c2ccccc21)C1CN[C@H](C(=O)O)C1. The number of benzene rings is 2. The van der Waals surface area contributed by atoms with E-state index in [1.807, 2.05) is 24.3 Å². The number of aliphatic carboxylic acids is 1. The fourth-order valence-corrected chi connectivity index (χ4v) is 3.83. The van der Waals surface area contributed by atoms with Crippen molar-refractivity contribution in [3.05, 3.63) is 59.7 Å². The summed E-state index contributed by atoms with van der Waals surface area (Å²) in [6.07, 6.45) is 0.284. The number of hydrogen-bond acceptors (Lipinski definition) is 4. The van der Waals surface area contributed by atoms with Crippen LogP contribution >= 0.6 is 0 Å². The molecule has 1 aliphatic heterocycles. The first kappa shape index (κ1) is 15.8. The highest BCUT2D eigenvalue weighted by molar-refractivity contribution is 5.80. The highest BCUT2D eigenvalue weighted by Crippen LogP contribution is 2.44. The first-order chi connectivity index (χ1) is 12.1. The third-order valence-electron chi connectivity index (χ3n) is 5.12. The van der Waals surface area contributed by atoms with Gasteiger partial charge in [0.15, 0.2) is 0 Å². The number of esters is 1. The Morgan fingerprint density at radius 2 is 1.64 bits per heavy atom. The van der Waals surface area contributed by atoms with Gasteiger partial charge in [0.05, 0.1) is 5.92 Å². The Bertz CT molecular complexity index is 786. The van der Waals surface area contributed by atoms with Gasteiger partial charge in [-0.1, -0.05) is 48.5 Å². The van der Waals surface area contributed by atoms with Gasteiger partial charge >= 0.3 is 11.9 Å². The van der Waals surface area contributed by atoms with Gasteiger partial charge in [-0.3, -0.25) is 9.59 Å². The molecule has 1 heterocycles. The first-order valence-corrected chi connectivity index (χ1v) is 8.46. The number of carbonyl (C=O) groups is 2. The number of rotatable bonds is 4. The molecule has 1 aliphatic carbocycles. The van der Waals surface area contributed by atoms with Crippen LogP contribution in [0.25, 0.3) is 11.1 Å². The smallest absolute Gasteiger partial charge is 0.320 e. The summed E-state index contributed by atoms with van der Waals surface area (Å²) < 4.78 is 5.58. The molecule has 2 aliphatic rings. The molecule has 0 spiro atoms. The summed E-state index contributed by atoms with van der Waals surface area (Å²) >= 11 is 0. The molecule has 25 heavy (non-hydrogen) atoms. The zero-order chi connectivity index (χ0) is 17.4. The van der Waals surface area contributed by atoms with Gasteiger partial charge in [0, 0.05) is 12.5 Å². The number of ether oxygens (including phenoxy) is 1. The Morgan fingerprint density at radius 1 is 1.04 bits per heavy atom. The lowest BCUT2D eigenvalue weighted by atomic mass is 9.98. The summed E-state index contributed by atoms with van der Waals surface area (Å²) in [6, 6.07) is 15.7. The van der Waals surface area contributed by atoms with Gasteiger partial charge in [-0.2, -0.15) is 0 Å². The van der Waals surface area contributed by atoms with Crippen LogP contribution in [0.1, 0.15) is 23.5 Å². The van der Waals surface area contributed by atoms with E-state index in [0.717, 1.165) is 0 Å². The number of carboxylic acid groups (broad SMARTS) is 1. The van der Waals surface area contributed by atoms with Crippen molar-refractivity contribution < 1.29 is 19.4 Å². The molecule has 128 valence electrons. The number of carbonyl (C=O) groups excluding carboxylic acids is 1. The lowest BCUT2D eigenvalue weighted by molar-refractivity contribution is -0.148. The van der Waals surface area contributed by atoms with Gasteiger partial charge in [0.25, 0.3) is 0 Å². The van der Waals surface area contributed by atoms with Crippen molar-refractivity contribution in [2.45, 2.75) is 18.4 Å². The summed E-state index contributed by atoms with van der Waals surface area (Å²) in [5.74, 6) is -1.61. The minimum Gasteiger partial charge on any atom is -0.480 e. The third-order valence-corrected chi connectivity index (χ3v) is 5.12. The van der Waals surface area contributed by atoms with Crippen molar-refractivity contribution in [3.8, 4) is 11.1 Å². The molecule has 0 radical (unpaired) electrons. The molecular formula is C20H19NO4. The Kier molecular flexibility index (Phi) is 4.01. The minimum atomic E-state index is -0.922. The predicted molar refractivity (Wildman–Crippen MR) is 92.2 cm³/mol. The Morgan fingerprint density at radius 3 is 2.20 bits per heavy atom. The van der Waals surface area contributed by atoms with Gasteiger partial charge in [0.1, 0.15) is 12.6 Å². The van der Waals surface area contributed by atoms with E-state index < -0.39 is 17.9 Å². The summed E-state index contributed by atoms with van der Waals surface area (Å²) in [7, 11) is 0. The summed E-state index contributed by atoms with van der Waals surface area (Å²) in [5.41, 5.74) is 4.72. The first-order valence-electron chi connectivity index (χ1n) is 8.46. The average molecular weight is 337 g/mol. The molecule has 0 bridgehead atoms. The van der Waals surface area contributed by atoms with Crippen LogP contribution in [0, 0.1) is 5.92 Å². The van der Waals surface area contributed by atoms with E-state index in [-0.39, 0.29) is 24.9 Å². The molecule has 1 saturated heterocycles. The van der Waals surface area contributed by atoms with E-state index in [9.17, 15) is 9.59 Å². The zero-order valence-corrected chi connectivity index (χ0v) is 13.6. The second-order valence-electron chi connectivity index (χ2n) is 6.59. The predicted octanol–water partition coefficient (Wildman–Crippen LogP) is 2.40.